The quantitative estimate of drug-likeness (QED) is 0.756. The molecule has 0 aliphatic carbocycles. The molecule has 0 bridgehead atoms. The second-order valence-electron chi connectivity index (χ2n) is 8.55. The van der Waals surface area contributed by atoms with Gasteiger partial charge in [0, 0.05) is 43.8 Å². The first-order valence-electron chi connectivity index (χ1n) is 11.1. The van der Waals surface area contributed by atoms with Crippen LogP contribution in [0.5, 0.6) is 0 Å². The number of anilines is 1. The maximum absolute atomic E-state index is 10.5. The average Bonchev–Trinajstić information content (AvgIpc) is 2.80. The van der Waals surface area contributed by atoms with Crippen LogP contribution in [0, 0.1) is 5.92 Å². The highest BCUT2D eigenvalue weighted by Gasteiger charge is 2.24. The number of hydrogen-bond acceptors (Lipinski definition) is 5. The van der Waals surface area contributed by atoms with Crippen LogP contribution >= 0.6 is 0 Å². The second-order valence-corrected chi connectivity index (χ2v) is 8.55. The van der Waals surface area contributed by atoms with Crippen molar-refractivity contribution in [2.45, 2.75) is 37.8 Å². The zero-order chi connectivity index (χ0) is 19.9. The summed E-state index contributed by atoms with van der Waals surface area (Å²) in [7, 11) is 0. The van der Waals surface area contributed by atoms with E-state index >= 15 is 0 Å². The molecule has 0 amide bonds. The van der Waals surface area contributed by atoms with Crippen molar-refractivity contribution in [3.63, 3.8) is 0 Å². The standard InChI is InChI=1S/C24H34N4O/c29-24(21-4-2-1-3-5-21)19-27-14-8-20(9-15-27)18-26-22-10-16-28(17-11-22)23-6-12-25-13-7-23/h1-7,12-13,20,22,24,26,29H,8-11,14-19H2. The Balaban J connectivity index is 1.13. The summed E-state index contributed by atoms with van der Waals surface area (Å²) >= 11 is 0. The Labute approximate surface area is 174 Å². The van der Waals surface area contributed by atoms with Crippen molar-refractivity contribution in [2.24, 2.45) is 5.92 Å². The molecule has 2 fully saturated rings. The number of aliphatic hydroxyl groups excluding tert-OH is 1. The fraction of sp³-hybridized carbons (Fsp3) is 0.542. The SMILES string of the molecule is OC(CN1CCC(CNC2CCN(c3ccncc3)CC2)CC1)c1ccccc1. The van der Waals surface area contributed by atoms with Crippen LogP contribution in [-0.2, 0) is 0 Å². The largest absolute Gasteiger partial charge is 0.387 e. The summed E-state index contributed by atoms with van der Waals surface area (Å²) in [5, 5.41) is 14.3. The Morgan fingerprint density at radius 2 is 1.62 bits per heavy atom. The van der Waals surface area contributed by atoms with E-state index in [1.165, 1.54) is 31.4 Å². The average molecular weight is 395 g/mol. The van der Waals surface area contributed by atoms with Gasteiger partial charge in [0.1, 0.15) is 0 Å². The molecule has 2 aromatic rings. The molecule has 2 aliphatic rings. The van der Waals surface area contributed by atoms with Crippen LogP contribution in [0.2, 0.25) is 0 Å². The van der Waals surface area contributed by atoms with Gasteiger partial charge in [-0.1, -0.05) is 30.3 Å². The van der Waals surface area contributed by atoms with E-state index in [2.05, 4.69) is 32.2 Å². The van der Waals surface area contributed by atoms with E-state index in [1.807, 2.05) is 42.7 Å². The molecule has 5 nitrogen and oxygen atoms in total. The Kier molecular flexibility index (Phi) is 7.14. The molecule has 29 heavy (non-hydrogen) atoms. The van der Waals surface area contributed by atoms with E-state index in [0.29, 0.717) is 6.04 Å². The zero-order valence-corrected chi connectivity index (χ0v) is 17.3. The van der Waals surface area contributed by atoms with E-state index in [9.17, 15) is 5.11 Å². The predicted octanol–water partition coefficient (Wildman–Crippen LogP) is 3.09. The van der Waals surface area contributed by atoms with Gasteiger partial charge in [-0.2, -0.15) is 0 Å². The predicted molar refractivity (Wildman–Crippen MR) is 118 cm³/mol. The minimum Gasteiger partial charge on any atom is -0.387 e. The summed E-state index contributed by atoms with van der Waals surface area (Å²) in [6.45, 7) is 6.31. The van der Waals surface area contributed by atoms with Crippen LogP contribution < -0.4 is 10.2 Å². The molecule has 0 radical (unpaired) electrons. The molecule has 1 aromatic heterocycles. The Bertz CT molecular complexity index is 710. The molecule has 0 spiro atoms. The number of rotatable bonds is 7. The highest BCUT2D eigenvalue weighted by molar-refractivity contribution is 5.44. The molecule has 1 atom stereocenters. The molecule has 0 saturated carbocycles. The van der Waals surface area contributed by atoms with E-state index in [0.717, 1.165) is 50.7 Å². The molecule has 156 valence electrons. The number of hydrogen-bond donors (Lipinski definition) is 2. The summed E-state index contributed by atoms with van der Waals surface area (Å²) in [4.78, 5) is 9.00. The van der Waals surface area contributed by atoms with Gasteiger partial charge in [-0.3, -0.25) is 4.98 Å². The van der Waals surface area contributed by atoms with Gasteiger partial charge >= 0.3 is 0 Å². The van der Waals surface area contributed by atoms with Gasteiger partial charge < -0.3 is 20.2 Å². The highest BCUT2D eigenvalue weighted by Crippen LogP contribution is 2.22. The van der Waals surface area contributed by atoms with E-state index in [-0.39, 0.29) is 6.10 Å². The first-order chi connectivity index (χ1) is 14.3. The Morgan fingerprint density at radius 1 is 0.931 bits per heavy atom. The van der Waals surface area contributed by atoms with E-state index in [4.69, 9.17) is 0 Å². The molecule has 3 heterocycles. The van der Waals surface area contributed by atoms with Gasteiger partial charge in [0.05, 0.1) is 6.10 Å². The van der Waals surface area contributed by atoms with Crippen molar-refractivity contribution in [1.82, 2.24) is 15.2 Å². The minimum absolute atomic E-state index is 0.378. The number of nitrogens with one attached hydrogen (secondary N) is 1. The molecule has 2 N–H and O–H groups in total. The van der Waals surface area contributed by atoms with Gasteiger partial charge in [0.15, 0.2) is 0 Å². The lowest BCUT2D eigenvalue weighted by atomic mass is 9.95. The first kappa shape index (κ1) is 20.3. The maximum Gasteiger partial charge on any atom is 0.0916 e. The number of likely N-dealkylation sites (tertiary alicyclic amines) is 1. The number of aliphatic hydroxyl groups is 1. The van der Waals surface area contributed by atoms with Crippen molar-refractivity contribution in [3.8, 4) is 0 Å². The lowest BCUT2D eigenvalue weighted by molar-refractivity contribution is 0.0885. The number of pyridine rings is 1. The van der Waals surface area contributed by atoms with Crippen LogP contribution in [-0.4, -0.2) is 60.3 Å². The molecule has 5 heteroatoms. The highest BCUT2D eigenvalue weighted by atomic mass is 16.3. The molecule has 4 rings (SSSR count). The molecule has 1 unspecified atom stereocenters. The van der Waals surface area contributed by atoms with Gasteiger partial charge in [-0.15, -0.1) is 0 Å². The Morgan fingerprint density at radius 3 is 2.31 bits per heavy atom. The van der Waals surface area contributed by atoms with Gasteiger partial charge in [0.25, 0.3) is 0 Å². The fourth-order valence-electron chi connectivity index (χ4n) is 4.63. The molecule has 2 aliphatic heterocycles. The summed E-state index contributed by atoms with van der Waals surface area (Å²) in [5.41, 5.74) is 2.32. The van der Waals surface area contributed by atoms with Crippen LogP contribution in [0.15, 0.2) is 54.9 Å². The molecular weight excluding hydrogens is 360 g/mol. The summed E-state index contributed by atoms with van der Waals surface area (Å²) in [6.07, 6.45) is 8.26. The number of β-amino-alcohol motifs (C(OH)–C–C–N with tert-alkyl or cyclic N) is 1. The third-order valence-electron chi connectivity index (χ3n) is 6.54. The summed E-state index contributed by atoms with van der Waals surface area (Å²) in [5.74, 6) is 0.762. The number of benzene rings is 1. The number of aromatic nitrogens is 1. The van der Waals surface area contributed by atoms with Crippen molar-refractivity contribution in [2.75, 3.05) is 44.2 Å². The Hall–Kier alpha value is -1.95. The van der Waals surface area contributed by atoms with Crippen molar-refractivity contribution >= 4 is 5.69 Å². The van der Waals surface area contributed by atoms with Crippen molar-refractivity contribution in [3.05, 3.63) is 60.4 Å². The third kappa shape index (κ3) is 5.78. The zero-order valence-electron chi connectivity index (χ0n) is 17.3. The second kappa shape index (κ2) is 10.2. The van der Waals surface area contributed by atoms with Crippen molar-refractivity contribution < 1.29 is 5.11 Å². The lowest BCUT2D eigenvalue weighted by Crippen LogP contribution is -2.45. The number of piperidine rings is 2. The van der Waals surface area contributed by atoms with Gasteiger partial charge in [-0.25, -0.2) is 0 Å². The third-order valence-corrected chi connectivity index (χ3v) is 6.54. The van der Waals surface area contributed by atoms with Crippen LogP contribution in [0.3, 0.4) is 0 Å². The van der Waals surface area contributed by atoms with Crippen LogP contribution in [0.25, 0.3) is 0 Å². The molecule has 2 saturated heterocycles. The molecular formula is C24H34N4O. The topological polar surface area (TPSA) is 51.6 Å². The van der Waals surface area contributed by atoms with E-state index in [1.54, 1.807) is 0 Å². The van der Waals surface area contributed by atoms with Gasteiger partial charge in [-0.05, 0) is 68.9 Å². The van der Waals surface area contributed by atoms with Crippen LogP contribution in [0.1, 0.15) is 37.4 Å². The summed E-state index contributed by atoms with van der Waals surface area (Å²) < 4.78 is 0. The minimum atomic E-state index is -0.378. The lowest BCUT2D eigenvalue weighted by Gasteiger charge is -2.36. The van der Waals surface area contributed by atoms with Gasteiger partial charge in [0.2, 0.25) is 0 Å². The normalized spacial score (nSPS) is 20.7. The monoisotopic (exact) mass is 394 g/mol. The molecule has 1 aromatic carbocycles. The number of nitrogens with zero attached hydrogens (tertiary/aromatic N) is 3. The smallest absolute Gasteiger partial charge is 0.0916 e. The first-order valence-corrected chi connectivity index (χ1v) is 11.1. The van der Waals surface area contributed by atoms with E-state index < -0.39 is 0 Å². The summed E-state index contributed by atoms with van der Waals surface area (Å²) in [6, 6.07) is 14.9. The van der Waals surface area contributed by atoms with Crippen molar-refractivity contribution in [1.29, 1.82) is 0 Å². The maximum atomic E-state index is 10.5. The fourth-order valence-corrected chi connectivity index (χ4v) is 4.63. The van der Waals surface area contributed by atoms with Crippen LogP contribution in [0.4, 0.5) is 5.69 Å².